The third-order valence-electron chi connectivity index (χ3n) is 4.87. The van der Waals surface area contributed by atoms with Crippen LogP contribution in [0.5, 0.6) is 0 Å². The van der Waals surface area contributed by atoms with E-state index >= 15 is 0 Å². The highest BCUT2D eigenvalue weighted by Crippen LogP contribution is 2.24. The van der Waals surface area contributed by atoms with E-state index in [2.05, 4.69) is 0 Å². The third-order valence-corrected chi connectivity index (χ3v) is 4.87. The van der Waals surface area contributed by atoms with Gasteiger partial charge in [-0.3, -0.25) is 9.59 Å². The number of carboxylic acids is 1. The van der Waals surface area contributed by atoms with Crippen molar-refractivity contribution in [2.75, 3.05) is 13.1 Å². The predicted molar refractivity (Wildman–Crippen MR) is 83.5 cm³/mol. The first-order valence-electron chi connectivity index (χ1n) is 8.64. The lowest BCUT2D eigenvalue weighted by atomic mass is 9.90. The van der Waals surface area contributed by atoms with Crippen molar-refractivity contribution in [2.45, 2.75) is 71.0 Å². The zero-order chi connectivity index (χ0) is 16.1. The van der Waals surface area contributed by atoms with Crippen molar-refractivity contribution < 1.29 is 19.4 Å². The highest BCUT2D eigenvalue weighted by molar-refractivity contribution is 5.81. The maximum absolute atomic E-state index is 12.6. The third kappa shape index (κ3) is 4.70. The molecule has 3 atom stereocenters. The minimum absolute atomic E-state index is 0.0537. The van der Waals surface area contributed by atoms with Crippen LogP contribution in [-0.4, -0.2) is 47.2 Å². The molecular formula is C17H29NO4. The SMILES string of the molecule is CC1CC(C(=O)O)CN(C(=O)C(C)OC2CCCCCC2)C1. The van der Waals surface area contributed by atoms with Gasteiger partial charge in [0, 0.05) is 13.1 Å². The maximum atomic E-state index is 12.6. The molecule has 1 N–H and O–H groups in total. The Morgan fingerprint density at radius 3 is 2.36 bits per heavy atom. The number of carbonyl (C=O) groups excluding carboxylic acids is 1. The van der Waals surface area contributed by atoms with Crippen LogP contribution in [-0.2, 0) is 14.3 Å². The number of carboxylic acid groups (broad SMARTS) is 1. The van der Waals surface area contributed by atoms with Gasteiger partial charge in [0.05, 0.1) is 12.0 Å². The molecule has 2 rings (SSSR count). The Morgan fingerprint density at radius 1 is 1.14 bits per heavy atom. The lowest BCUT2D eigenvalue weighted by Crippen LogP contribution is -2.49. The summed E-state index contributed by atoms with van der Waals surface area (Å²) in [5.74, 6) is -1.08. The molecule has 1 aliphatic carbocycles. The Hall–Kier alpha value is -1.10. The molecule has 1 saturated heterocycles. The van der Waals surface area contributed by atoms with Crippen molar-refractivity contribution in [3.05, 3.63) is 0 Å². The summed E-state index contributed by atoms with van der Waals surface area (Å²) in [6.45, 7) is 4.77. The second-order valence-electron chi connectivity index (χ2n) is 7.01. The second kappa shape index (κ2) is 7.95. The van der Waals surface area contributed by atoms with Gasteiger partial charge in [-0.05, 0) is 32.1 Å². The van der Waals surface area contributed by atoms with E-state index in [-0.39, 0.29) is 17.9 Å². The van der Waals surface area contributed by atoms with Gasteiger partial charge in [0.2, 0.25) is 0 Å². The number of ether oxygens (including phenoxy) is 1. The van der Waals surface area contributed by atoms with Crippen LogP contribution in [0.15, 0.2) is 0 Å². The highest BCUT2D eigenvalue weighted by atomic mass is 16.5. The minimum atomic E-state index is -0.804. The summed E-state index contributed by atoms with van der Waals surface area (Å²) in [7, 11) is 0. The van der Waals surface area contributed by atoms with Gasteiger partial charge in [-0.2, -0.15) is 0 Å². The molecule has 1 aliphatic heterocycles. The van der Waals surface area contributed by atoms with E-state index in [0.717, 1.165) is 12.8 Å². The van der Waals surface area contributed by atoms with Crippen molar-refractivity contribution >= 4 is 11.9 Å². The molecule has 2 fully saturated rings. The van der Waals surface area contributed by atoms with Crippen molar-refractivity contribution in [1.82, 2.24) is 4.90 Å². The van der Waals surface area contributed by atoms with Crippen molar-refractivity contribution in [3.63, 3.8) is 0 Å². The first kappa shape index (κ1) is 17.3. The van der Waals surface area contributed by atoms with Gasteiger partial charge in [0.1, 0.15) is 6.10 Å². The molecule has 5 nitrogen and oxygen atoms in total. The summed E-state index contributed by atoms with van der Waals surface area (Å²) in [4.78, 5) is 25.5. The molecule has 0 spiro atoms. The number of likely N-dealkylation sites (tertiary alicyclic amines) is 1. The molecule has 5 heteroatoms. The Bertz CT molecular complexity index is 390. The molecule has 0 radical (unpaired) electrons. The summed E-state index contributed by atoms with van der Waals surface area (Å²) in [5.41, 5.74) is 0. The van der Waals surface area contributed by atoms with Crippen LogP contribution in [0.1, 0.15) is 58.8 Å². The number of piperidine rings is 1. The second-order valence-corrected chi connectivity index (χ2v) is 7.01. The average molecular weight is 311 g/mol. The lowest BCUT2D eigenvalue weighted by Gasteiger charge is -2.36. The van der Waals surface area contributed by atoms with Gasteiger partial charge in [0.25, 0.3) is 5.91 Å². The fourth-order valence-corrected chi connectivity index (χ4v) is 3.69. The molecule has 126 valence electrons. The standard InChI is InChI=1S/C17H29NO4/c1-12-9-14(17(20)21)11-18(10-12)16(19)13(2)22-15-7-5-3-4-6-8-15/h12-15H,3-11H2,1-2H3,(H,20,21). The Labute approximate surface area is 133 Å². The monoisotopic (exact) mass is 311 g/mol. The van der Waals surface area contributed by atoms with Crippen LogP contribution in [0, 0.1) is 11.8 Å². The fourth-order valence-electron chi connectivity index (χ4n) is 3.69. The van der Waals surface area contributed by atoms with E-state index in [1.54, 1.807) is 4.90 Å². The summed E-state index contributed by atoms with van der Waals surface area (Å²) in [6.07, 6.45) is 7.29. The van der Waals surface area contributed by atoms with Gasteiger partial charge in [-0.25, -0.2) is 0 Å². The number of carbonyl (C=O) groups is 2. The quantitative estimate of drug-likeness (QED) is 0.811. The molecule has 0 bridgehead atoms. The van der Waals surface area contributed by atoms with E-state index in [4.69, 9.17) is 4.74 Å². The summed E-state index contributed by atoms with van der Waals surface area (Å²) in [5, 5.41) is 9.22. The van der Waals surface area contributed by atoms with Crippen molar-refractivity contribution in [3.8, 4) is 0 Å². The predicted octanol–water partition coefficient (Wildman–Crippen LogP) is 2.68. The Kier molecular flexibility index (Phi) is 6.24. The Balaban J connectivity index is 1.89. The normalized spacial score (nSPS) is 28.9. The first-order valence-corrected chi connectivity index (χ1v) is 8.64. The van der Waals surface area contributed by atoms with E-state index in [1.807, 2.05) is 13.8 Å². The Morgan fingerprint density at radius 2 is 1.77 bits per heavy atom. The molecule has 1 amide bonds. The van der Waals surface area contributed by atoms with Crippen LogP contribution in [0.2, 0.25) is 0 Å². The van der Waals surface area contributed by atoms with Gasteiger partial charge in [-0.1, -0.05) is 32.6 Å². The van der Waals surface area contributed by atoms with Gasteiger partial charge in [-0.15, -0.1) is 0 Å². The largest absolute Gasteiger partial charge is 0.481 e. The first-order chi connectivity index (χ1) is 10.5. The van der Waals surface area contributed by atoms with Crippen LogP contribution >= 0.6 is 0 Å². The van der Waals surface area contributed by atoms with Gasteiger partial charge < -0.3 is 14.7 Å². The summed E-state index contributed by atoms with van der Waals surface area (Å²) < 4.78 is 5.98. The molecule has 1 saturated carbocycles. The van der Waals surface area contributed by atoms with E-state index in [9.17, 15) is 14.7 Å². The fraction of sp³-hybridized carbons (Fsp3) is 0.882. The van der Waals surface area contributed by atoms with Crippen molar-refractivity contribution in [1.29, 1.82) is 0 Å². The number of rotatable bonds is 4. The minimum Gasteiger partial charge on any atom is -0.481 e. The number of amides is 1. The van der Waals surface area contributed by atoms with E-state index in [0.29, 0.717) is 19.5 Å². The average Bonchev–Trinajstić information content (AvgIpc) is 2.74. The van der Waals surface area contributed by atoms with Crippen molar-refractivity contribution in [2.24, 2.45) is 11.8 Å². The number of hydrogen-bond acceptors (Lipinski definition) is 3. The number of hydrogen-bond donors (Lipinski definition) is 1. The molecular weight excluding hydrogens is 282 g/mol. The lowest BCUT2D eigenvalue weighted by molar-refractivity contribution is -0.153. The van der Waals surface area contributed by atoms with Crippen LogP contribution in [0.25, 0.3) is 0 Å². The van der Waals surface area contributed by atoms with Crippen LogP contribution in [0.3, 0.4) is 0 Å². The maximum Gasteiger partial charge on any atom is 0.308 e. The molecule has 3 unspecified atom stereocenters. The molecule has 2 aliphatic rings. The molecule has 0 aromatic heterocycles. The number of aliphatic carboxylic acids is 1. The van der Waals surface area contributed by atoms with Crippen LogP contribution in [0.4, 0.5) is 0 Å². The van der Waals surface area contributed by atoms with E-state index < -0.39 is 18.0 Å². The zero-order valence-electron chi connectivity index (χ0n) is 13.8. The smallest absolute Gasteiger partial charge is 0.308 e. The zero-order valence-corrected chi connectivity index (χ0v) is 13.8. The van der Waals surface area contributed by atoms with Crippen LogP contribution < -0.4 is 0 Å². The molecule has 0 aromatic carbocycles. The molecule has 1 heterocycles. The molecule has 0 aromatic rings. The van der Waals surface area contributed by atoms with Gasteiger partial charge >= 0.3 is 5.97 Å². The number of nitrogens with zero attached hydrogens (tertiary/aromatic N) is 1. The van der Waals surface area contributed by atoms with E-state index in [1.165, 1.54) is 25.7 Å². The summed E-state index contributed by atoms with van der Waals surface area (Å²) >= 11 is 0. The summed E-state index contributed by atoms with van der Waals surface area (Å²) in [6, 6.07) is 0. The van der Waals surface area contributed by atoms with Gasteiger partial charge in [0.15, 0.2) is 0 Å². The topological polar surface area (TPSA) is 66.8 Å². The molecule has 22 heavy (non-hydrogen) atoms. The highest BCUT2D eigenvalue weighted by Gasteiger charge is 2.34.